The molecule has 0 N–H and O–H groups in total. The van der Waals surface area contributed by atoms with Crippen molar-refractivity contribution in [2.45, 2.75) is 131 Å². The van der Waals surface area contributed by atoms with Gasteiger partial charge < -0.3 is 32.8 Å². The van der Waals surface area contributed by atoms with Crippen molar-refractivity contribution in [3.05, 3.63) is 0 Å². The van der Waals surface area contributed by atoms with E-state index in [-0.39, 0.29) is 46.3 Å². The standard InChI is InChI=1S/C28H66O7Si4/c1-29-26(30-2)36-20-14-8-11-17-23-39(35-7,24-18-12-9-15-21-37-27(31-3)32-4)25-19-13-10-16-22-38-28(33-5)34-6/h26-28H,8-25,36-38H2,1-7H3. The van der Waals surface area contributed by atoms with Crippen LogP contribution >= 0.6 is 0 Å². The highest BCUT2D eigenvalue weighted by Crippen LogP contribution is 2.30. The molecule has 0 bridgehead atoms. The summed E-state index contributed by atoms with van der Waals surface area (Å²) in [6.45, 7) is 0. The van der Waals surface area contributed by atoms with Gasteiger partial charge in [0.05, 0.1) is 28.6 Å². The van der Waals surface area contributed by atoms with E-state index in [1.807, 2.05) is 7.11 Å². The molecule has 0 saturated heterocycles. The van der Waals surface area contributed by atoms with E-state index in [0.29, 0.717) is 0 Å². The van der Waals surface area contributed by atoms with Crippen LogP contribution in [0.4, 0.5) is 0 Å². The van der Waals surface area contributed by atoms with Gasteiger partial charge in [-0.15, -0.1) is 0 Å². The minimum absolute atomic E-state index is 0.0889. The molecule has 236 valence electrons. The maximum absolute atomic E-state index is 6.46. The van der Waals surface area contributed by atoms with E-state index in [9.17, 15) is 0 Å². The van der Waals surface area contributed by atoms with Gasteiger partial charge in [0, 0.05) is 49.8 Å². The molecule has 0 aromatic heterocycles. The first-order valence-corrected chi connectivity index (χ1v) is 23.7. The molecular weight excluding hydrogens is 561 g/mol. The lowest BCUT2D eigenvalue weighted by Crippen LogP contribution is -2.36. The fourth-order valence-corrected chi connectivity index (χ4v) is 13.9. The number of ether oxygens (including phenoxy) is 6. The zero-order valence-electron chi connectivity index (χ0n) is 26.9. The Labute approximate surface area is 250 Å². The summed E-state index contributed by atoms with van der Waals surface area (Å²) in [7, 11) is 10.1. The van der Waals surface area contributed by atoms with Crippen LogP contribution in [0.2, 0.25) is 36.3 Å². The Bertz CT molecular complexity index is 432. The summed E-state index contributed by atoms with van der Waals surface area (Å²) < 4.78 is 38.7. The van der Waals surface area contributed by atoms with Crippen LogP contribution in [0.3, 0.4) is 0 Å². The highest BCUT2D eigenvalue weighted by molar-refractivity contribution is 6.73. The van der Waals surface area contributed by atoms with Crippen LogP contribution in [0.25, 0.3) is 0 Å². The molecular formula is C28H66O7Si4. The van der Waals surface area contributed by atoms with Crippen LogP contribution in [-0.2, 0) is 32.8 Å². The third-order valence-corrected chi connectivity index (χ3v) is 19.0. The van der Waals surface area contributed by atoms with Gasteiger partial charge in [-0.25, -0.2) is 0 Å². The second kappa shape index (κ2) is 28.7. The number of rotatable bonds is 31. The van der Waals surface area contributed by atoms with E-state index in [1.54, 1.807) is 42.7 Å². The van der Waals surface area contributed by atoms with Crippen LogP contribution < -0.4 is 0 Å². The highest BCUT2D eigenvalue weighted by Gasteiger charge is 2.32. The average molecular weight is 627 g/mol. The normalized spacial score (nSPS) is 14.6. The van der Waals surface area contributed by atoms with Crippen LogP contribution in [0.5, 0.6) is 0 Å². The average Bonchev–Trinajstić information content (AvgIpc) is 2.97. The second-order valence-electron chi connectivity index (χ2n) is 11.0. The van der Waals surface area contributed by atoms with E-state index in [4.69, 9.17) is 32.8 Å². The summed E-state index contributed by atoms with van der Waals surface area (Å²) in [6.07, 6.45) is 16.0. The predicted octanol–water partition coefficient (Wildman–Crippen LogP) is 4.75. The molecule has 0 aliphatic heterocycles. The zero-order valence-corrected chi connectivity index (χ0v) is 32.2. The molecule has 0 saturated carbocycles. The molecule has 0 heterocycles. The molecule has 7 nitrogen and oxygen atoms in total. The summed E-state index contributed by atoms with van der Waals surface area (Å²) in [6, 6.07) is 7.96. The minimum Gasteiger partial charge on any atom is -0.420 e. The second-order valence-corrected chi connectivity index (χ2v) is 21.1. The molecule has 0 spiro atoms. The molecule has 39 heavy (non-hydrogen) atoms. The van der Waals surface area contributed by atoms with Gasteiger partial charge in [0.25, 0.3) is 0 Å². The topological polar surface area (TPSA) is 64.6 Å². The maximum atomic E-state index is 6.46. The minimum atomic E-state index is -1.66. The van der Waals surface area contributed by atoms with Crippen molar-refractivity contribution in [1.82, 2.24) is 0 Å². The number of unbranched alkanes of at least 4 members (excludes halogenated alkanes) is 9. The summed E-state index contributed by atoms with van der Waals surface area (Å²) >= 11 is 0. The number of hydrogen-bond acceptors (Lipinski definition) is 7. The lowest BCUT2D eigenvalue weighted by Gasteiger charge is -2.30. The van der Waals surface area contributed by atoms with E-state index in [2.05, 4.69) is 0 Å². The van der Waals surface area contributed by atoms with E-state index < -0.39 is 8.32 Å². The van der Waals surface area contributed by atoms with Crippen molar-refractivity contribution in [2.24, 2.45) is 0 Å². The van der Waals surface area contributed by atoms with Gasteiger partial charge in [-0.05, 0) is 18.1 Å². The Morgan fingerprint density at radius 3 is 0.872 bits per heavy atom. The highest BCUT2D eigenvalue weighted by atomic mass is 28.4. The molecule has 0 fully saturated rings. The third-order valence-electron chi connectivity index (χ3n) is 8.23. The molecule has 0 atom stereocenters. The third kappa shape index (κ3) is 21.9. The van der Waals surface area contributed by atoms with E-state index in [1.165, 1.54) is 113 Å². The van der Waals surface area contributed by atoms with Gasteiger partial charge in [0.15, 0.2) is 8.32 Å². The fourth-order valence-electron chi connectivity index (χ4n) is 5.54. The Kier molecular flexibility index (Phi) is 29.1. The first-order valence-electron chi connectivity index (χ1n) is 15.8. The Balaban J connectivity index is 4.44. The Morgan fingerprint density at radius 1 is 0.385 bits per heavy atom. The van der Waals surface area contributed by atoms with Crippen LogP contribution in [0, 0.1) is 0 Å². The first-order chi connectivity index (χ1) is 19.0. The molecule has 0 amide bonds. The monoisotopic (exact) mass is 626 g/mol. The summed E-state index contributed by atoms with van der Waals surface area (Å²) in [5.74, 6) is 0.267. The van der Waals surface area contributed by atoms with Crippen molar-refractivity contribution in [1.29, 1.82) is 0 Å². The Morgan fingerprint density at radius 2 is 0.641 bits per heavy atom. The smallest absolute Gasteiger partial charge is 0.192 e. The molecule has 0 rings (SSSR count). The lowest BCUT2D eigenvalue weighted by molar-refractivity contribution is -0.0442. The van der Waals surface area contributed by atoms with E-state index in [0.717, 1.165) is 0 Å². The maximum Gasteiger partial charge on any atom is 0.192 e. The predicted molar refractivity (Wildman–Crippen MR) is 176 cm³/mol. The van der Waals surface area contributed by atoms with Crippen LogP contribution in [0.1, 0.15) is 77.0 Å². The molecule has 0 aliphatic carbocycles. The van der Waals surface area contributed by atoms with Crippen molar-refractivity contribution in [3.63, 3.8) is 0 Å². The molecule has 0 aromatic rings. The lowest BCUT2D eigenvalue weighted by atomic mass is 10.2. The first kappa shape index (κ1) is 39.6. The van der Waals surface area contributed by atoms with Gasteiger partial charge >= 0.3 is 0 Å². The van der Waals surface area contributed by atoms with Crippen LogP contribution in [-0.4, -0.2) is 104 Å². The summed E-state index contributed by atoms with van der Waals surface area (Å²) in [4.78, 5) is 0. The zero-order chi connectivity index (χ0) is 29.0. The van der Waals surface area contributed by atoms with Gasteiger partial charge in [-0.1, -0.05) is 95.2 Å². The molecule has 0 unspecified atom stereocenters. The summed E-state index contributed by atoms with van der Waals surface area (Å²) in [5, 5.41) is 0. The number of methoxy groups -OCH3 is 6. The van der Waals surface area contributed by atoms with Gasteiger partial charge in [-0.2, -0.15) is 0 Å². The summed E-state index contributed by atoms with van der Waals surface area (Å²) in [5.41, 5.74) is 0. The Hall–Kier alpha value is 0.588. The largest absolute Gasteiger partial charge is 0.420 e. The fraction of sp³-hybridized carbons (Fsp3) is 1.00. The van der Waals surface area contributed by atoms with Gasteiger partial charge in [-0.3, -0.25) is 0 Å². The molecule has 0 aliphatic rings. The molecule has 0 aromatic carbocycles. The van der Waals surface area contributed by atoms with Crippen molar-refractivity contribution < 1.29 is 32.8 Å². The number of hydrogen-bond donors (Lipinski definition) is 0. The SMILES string of the molecule is COC(OC)[SiH2]CCCCCC[Si](CCCCCC[SiH2]C(OC)OC)(CCCCCC[SiH2]C(OC)OC)OC. The van der Waals surface area contributed by atoms with Crippen LogP contribution in [0.15, 0.2) is 0 Å². The van der Waals surface area contributed by atoms with Crippen molar-refractivity contribution in [2.75, 3.05) is 49.8 Å². The quantitative estimate of drug-likeness (QED) is 0.0625. The van der Waals surface area contributed by atoms with Gasteiger partial charge in [0.1, 0.15) is 17.7 Å². The molecule has 11 heteroatoms. The molecule has 0 radical (unpaired) electrons. The van der Waals surface area contributed by atoms with E-state index >= 15 is 0 Å². The van der Waals surface area contributed by atoms with Gasteiger partial charge in [0.2, 0.25) is 0 Å². The van der Waals surface area contributed by atoms with Crippen molar-refractivity contribution in [3.8, 4) is 0 Å². The van der Waals surface area contributed by atoms with Crippen molar-refractivity contribution >= 4 is 36.9 Å².